The highest BCUT2D eigenvalue weighted by molar-refractivity contribution is 6.02. The number of nitrogens with zero attached hydrogens (tertiary/aromatic N) is 3. The van der Waals surface area contributed by atoms with Gasteiger partial charge < -0.3 is 15.0 Å². The summed E-state index contributed by atoms with van der Waals surface area (Å²) >= 11 is 0. The number of rotatable bonds is 4. The van der Waals surface area contributed by atoms with Gasteiger partial charge in [0.05, 0.1) is 24.6 Å². The van der Waals surface area contributed by atoms with Crippen molar-refractivity contribution < 1.29 is 14.2 Å². The molecule has 2 heterocycles. The number of carbonyl (C=O) groups excluding carboxylic acids is 1. The van der Waals surface area contributed by atoms with E-state index < -0.39 is 0 Å². The van der Waals surface area contributed by atoms with Gasteiger partial charge in [-0.05, 0) is 28.4 Å². The van der Waals surface area contributed by atoms with Gasteiger partial charge in [0.2, 0.25) is 5.91 Å². The Morgan fingerprint density at radius 2 is 2.00 bits per heavy atom. The molecule has 2 aromatic rings. The first-order valence-electron chi connectivity index (χ1n) is 7.53. The van der Waals surface area contributed by atoms with Gasteiger partial charge in [0.1, 0.15) is 0 Å². The molecular formula is C15H20N4O3. The minimum Gasteiger partial charge on any atom is -0.378 e. The van der Waals surface area contributed by atoms with Crippen molar-refractivity contribution >= 4 is 28.3 Å². The van der Waals surface area contributed by atoms with Crippen molar-refractivity contribution in [2.24, 2.45) is 5.92 Å². The van der Waals surface area contributed by atoms with Crippen LogP contribution in [0.2, 0.25) is 0 Å². The summed E-state index contributed by atoms with van der Waals surface area (Å²) in [6, 6.07) is 3.80. The highest BCUT2D eigenvalue weighted by atomic mass is 16.6. The number of hydrogen-bond acceptors (Lipinski definition) is 6. The Balaban J connectivity index is 1.87. The lowest BCUT2D eigenvalue weighted by molar-refractivity contribution is -0.116. The Hall–Kier alpha value is -2.15. The molecule has 0 unspecified atom stereocenters. The lowest BCUT2D eigenvalue weighted by atomic mass is 10.1. The molecule has 7 heteroatoms. The summed E-state index contributed by atoms with van der Waals surface area (Å²) < 4.78 is 10.3. The molecule has 1 aromatic heterocycles. The van der Waals surface area contributed by atoms with Crippen LogP contribution in [0.25, 0.3) is 11.0 Å². The van der Waals surface area contributed by atoms with Gasteiger partial charge in [0, 0.05) is 19.5 Å². The molecule has 0 atom stereocenters. The molecule has 0 radical (unpaired) electrons. The molecule has 118 valence electrons. The lowest BCUT2D eigenvalue weighted by Crippen LogP contribution is -2.36. The Labute approximate surface area is 128 Å². The number of benzene rings is 1. The molecule has 1 amide bonds. The van der Waals surface area contributed by atoms with E-state index in [1.165, 1.54) is 0 Å². The van der Waals surface area contributed by atoms with Crippen molar-refractivity contribution in [1.29, 1.82) is 0 Å². The van der Waals surface area contributed by atoms with Crippen molar-refractivity contribution in [3.05, 3.63) is 12.1 Å². The SMILES string of the molecule is CC(C)CC(=O)Nc1ccc(N2CCOCC2)c2nonc12. The quantitative estimate of drug-likeness (QED) is 0.931. The predicted molar refractivity (Wildman–Crippen MR) is 82.9 cm³/mol. The van der Waals surface area contributed by atoms with Crippen molar-refractivity contribution in [2.45, 2.75) is 20.3 Å². The van der Waals surface area contributed by atoms with Crippen LogP contribution in [0.1, 0.15) is 20.3 Å². The fourth-order valence-electron chi connectivity index (χ4n) is 2.59. The van der Waals surface area contributed by atoms with Gasteiger partial charge in [-0.15, -0.1) is 0 Å². The van der Waals surface area contributed by atoms with E-state index in [0.717, 1.165) is 18.8 Å². The van der Waals surface area contributed by atoms with Crippen LogP contribution in [0.3, 0.4) is 0 Å². The summed E-state index contributed by atoms with van der Waals surface area (Å²) in [6.07, 6.45) is 0.470. The summed E-state index contributed by atoms with van der Waals surface area (Å²) in [7, 11) is 0. The molecule has 1 saturated heterocycles. The summed E-state index contributed by atoms with van der Waals surface area (Å²) in [5, 5.41) is 10.8. The maximum Gasteiger partial charge on any atom is 0.224 e. The van der Waals surface area contributed by atoms with Gasteiger partial charge in [-0.3, -0.25) is 4.79 Å². The zero-order chi connectivity index (χ0) is 15.5. The first-order chi connectivity index (χ1) is 10.6. The Kier molecular flexibility index (Phi) is 4.24. The zero-order valence-electron chi connectivity index (χ0n) is 12.8. The largest absolute Gasteiger partial charge is 0.378 e. The fourth-order valence-corrected chi connectivity index (χ4v) is 2.59. The molecule has 0 saturated carbocycles. The number of fused-ring (bicyclic) bond motifs is 1. The number of hydrogen-bond donors (Lipinski definition) is 1. The maximum absolute atomic E-state index is 12.0. The fraction of sp³-hybridized carbons (Fsp3) is 0.533. The number of aromatic nitrogens is 2. The number of ether oxygens (including phenoxy) is 1. The van der Waals surface area contributed by atoms with Crippen molar-refractivity contribution in [2.75, 3.05) is 36.5 Å². The molecule has 1 aliphatic heterocycles. The lowest BCUT2D eigenvalue weighted by Gasteiger charge is -2.28. The minimum absolute atomic E-state index is 0.0292. The van der Waals surface area contributed by atoms with Gasteiger partial charge in [-0.2, -0.15) is 0 Å². The molecule has 1 aliphatic rings. The minimum atomic E-state index is -0.0292. The van der Waals surface area contributed by atoms with E-state index in [1.54, 1.807) is 0 Å². The normalized spacial score (nSPS) is 15.5. The topological polar surface area (TPSA) is 80.5 Å². The van der Waals surface area contributed by atoms with Crippen LogP contribution in [-0.2, 0) is 9.53 Å². The van der Waals surface area contributed by atoms with Crippen LogP contribution in [0, 0.1) is 5.92 Å². The molecular weight excluding hydrogens is 284 g/mol. The smallest absolute Gasteiger partial charge is 0.224 e. The molecule has 0 spiro atoms. The highest BCUT2D eigenvalue weighted by Crippen LogP contribution is 2.30. The van der Waals surface area contributed by atoms with Crippen LogP contribution in [-0.4, -0.2) is 42.5 Å². The number of nitrogens with one attached hydrogen (secondary N) is 1. The Morgan fingerprint density at radius 3 is 2.73 bits per heavy atom. The Morgan fingerprint density at radius 1 is 1.27 bits per heavy atom. The summed E-state index contributed by atoms with van der Waals surface area (Å²) in [6.45, 7) is 7.02. The van der Waals surface area contributed by atoms with Crippen LogP contribution in [0.4, 0.5) is 11.4 Å². The monoisotopic (exact) mass is 304 g/mol. The first kappa shape index (κ1) is 14.8. The van der Waals surface area contributed by atoms with E-state index in [9.17, 15) is 4.79 Å². The second kappa shape index (κ2) is 6.31. The predicted octanol–water partition coefficient (Wildman–Crippen LogP) is 2.04. The molecule has 1 N–H and O–H groups in total. The van der Waals surface area contributed by atoms with Gasteiger partial charge in [0.25, 0.3) is 0 Å². The third-order valence-electron chi connectivity index (χ3n) is 3.61. The average molecular weight is 304 g/mol. The summed E-state index contributed by atoms with van der Waals surface area (Å²) in [5.41, 5.74) is 2.85. The number of anilines is 2. The number of amides is 1. The van der Waals surface area contributed by atoms with Gasteiger partial charge in [-0.1, -0.05) is 13.8 Å². The molecule has 22 heavy (non-hydrogen) atoms. The average Bonchev–Trinajstić information content (AvgIpc) is 2.97. The van der Waals surface area contributed by atoms with E-state index >= 15 is 0 Å². The van der Waals surface area contributed by atoms with Crippen molar-refractivity contribution in [3.63, 3.8) is 0 Å². The van der Waals surface area contributed by atoms with Gasteiger partial charge >= 0.3 is 0 Å². The first-order valence-corrected chi connectivity index (χ1v) is 7.53. The van der Waals surface area contributed by atoms with Crippen molar-refractivity contribution in [3.8, 4) is 0 Å². The van der Waals surface area contributed by atoms with Crippen LogP contribution < -0.4 is 10.2 Å². The van der Waals surface area contributed by atoms with Gasteiger partial charge in [-0.25, -0.2) is 4.63 Å². The molecule has 7 nitrogen and oxygen atoms in total. The molecule has 0 aliphatic carbocycles. The third kappa shape index (κ3) is 3.04. The third-order valence-corrected chi connectivity index (χ3v) is 3.61. The summed E-state index contributed by atoms with van der Waals surface area (Å²) in [4.78, 5) is 14.1. The summed E-state index contributed by atoms with van der Waals surface area (Å²) in [5.74, 6) is 0.275. The second-order valence-electron chi connectivity index (χ2n) is 5.84. The maximum atomic E-state index is 12.0. The van der Waals surface area contributed by atoms with E-state index in [0.29, 0.717) is 42.3 Å². The number of carbonyl (C=O) groups is 1. The number of morpholine rings is 1. The second-order valence-corrected chi connectivity index (χ2v) is 5.84. The van der Waals surface area contributed by atoms with Crippen LogP contribution in [0.5, 0.6) is 0 Å². The van der Waals surface area contributed by atoms with Crippen molar-refractivity contribution in [1.82, 2.24) is 10.3 Å². The van der Waals surface area contributed by atoms with E-state index in [-0.39, 0.29) is 5.91 Å². The molecule has 1 aromatic carbocycles. The highest BCUT2D eigenvalue weighted by Gasteiger charge is 2.19. The molecule has 1 fully saturated rings. The van der Waals surface area contributed by atoms with Crippen LogP contribution >= 0.6 is 0 Å². The van der Waals surface area contributed by atoms with E-state index in [1.807, 2.05) is 26.0 Å². The van der Waals surface area contributed by atoms with E-state index in [2.05, 4.69) is 20.5 Å². The van der Waals surface area contributed by atoms with Gasteiger partial charge in [0.15, 0.2) is 11.0 Å². The molecule has 0 bridgehead atoms. The molecule has 3 rings (SSSR count). The Bertz CT molecular complexity index is 662. The zero-order valence-corrected chi connectivity index (χ0v) is 12.8. The van der Waals surface area contributed by atoms with Crippen LogP contribution in [0.15, 0.2) is 16.8 Å². The standard InChI is InChI=1S/C15H20N4O3/c1-10(2)9-13(20)16-11-3-4-12(15-14(11)17-22-18-15)19-5-7-21-8-6-19/h3-4,10H,5-9H2,1-2H3,(H,16,20). The van der Waals surface area contributed by atoms with E-state index in [4.69, 9.17) is 9.37 Å².